The number of ether oxygens (including phenoxy) is 1. The first kappa shape index (κ1) is 21.2. The minimum atomic E-state index is -0.232. The number of nitrogens with one attached hydrogen (secondary N) is 1. The quantitative estimate of drug-likeness (QED) is 0.793. The molecule has 1 amide bonds. The highest BCUT2D eigenvalue weighted by molar-refractivity contribution is 5.93. The number of rotatable bonds is 7. The molecule has 0 aliphatic heterocycles. The van der Waals surface area contributed by atoms with Crippen molar-refractivity contribution >= 4 is 36.4 Å². The standard InChI is InChI=1S/C15H20N4O2.2ClH/c1-12(10-16)15(20)18-13-4-2-3-5-14(13)21-9-8-19-7-6-17-11-19;;/h2-7,11-12H,8-10,16H2,1H3,(H,18,20);2*1H. The zero-order chi connectivity index (χ0) is 15.1. The van der Waals surface area contributed by atoms with Gasteiger partial charge in [0.2, 0.25) is 5.91 Å². The van der Waals surface area contributed by atoms with Gasteiger partial charge in [-0.2, -0.15) is 0 Å². The van der Waals surface area contributed by atoms with Crippen LogP contribution in [-0.4, -0.2) is 28.6 Å². The summed E-state index contributed by atoms with van der Waals surface area (Å²) in [6.45, 7) is 3.30. The monoisotopic (exact) mass is 360 g/mol. The Morgan fingerprint density at radius 1 is 1.39 bits per heavy atom. The van der Waals surface area contributed by atoms with Gasteiger partial charge in [0.15, 0.2) is 0 Å². The molecule has 6 nitrogen and oxygen atoms in total. The van der Waals surface area contributed by atoms with Gasteiger partial charge in [-0.15, -0.1) is 24.8 Å². The van der Waals surface area contributed by atoms with Crippen molar-refractivity contribution < 1.29 is 9.53 Å². The van der Waals surface area contributed by atoms with Crippen LogP contribution in [0, 0.1) is 5.92 Å². The average molecular weight is 361 g/mol. The van der Waals surface area contributed by atoms with Crippen molar-refractivity contribution in [1.29, 1.82) is 0 Å². The molecule has 23 heavy (non-hydrogen) atoms. The molecule has 0 aliphatic rings. The zero-order valence-corrected chi connectivity index (χ0v) is 14.5. The first-order valence-corrected chi connectivity index (χ1v) is 6.89. The Hall–Kier alpha value is -1.76. The summed E-state index contributed by atoms with van der Waals surface area (Å²) >= 11 is 0. The number of para-hydroxylation sites is 2. The van der Waals surface area contributed by atoms with E-state index in [1.807, 2.05) is 35.0 Å². The van der Waals surface area contributed by atoms with Gasteiger partial charge in [0.1, 0.15) is 12.4 Å². The van der Waals surface area contributed by atoms with Crippen LogP contribution in [0.25, 0.3) is 0 Å². The fraction of sp³-hybridized carbons (Fsp3) is 0.333. The normalized spacial score (nSPS) is 10.9. The fourth-order valence-corrected chi connectivity index (χ4v) is 1.74. The third-order valence-corrected chi connectivity index (χ3v) is 3.11. The number of carbonyl (C=O) groups excluding carboxylic acids is 1. The summed E-state index contributed by atoms with van der Waals surface area (Å²) in [5.74, 6) is 0.308. The summed E-state index contributed by atoms with van der Waals surface area (Å²) in [4.78, 5) is 15.9. The Morgan fingerprint density at radius 2 is 2.13 bits per heavy atom. The van der Waals surface area contributed by atoms with E-state index < -0.39 is 0 Å². The van der Waals surface area contributed by atoms with Crippen molar-refractivity contribution in [3.05, 3.63) is 43.0 Å². The van der Waals surface area contributed by atoms with Crippen molar-refractivity contribution in [1.82, 2.24) is 9.55 Å². The largest absolute Gasteiger partial charge is 0.490 e. The van der Waals surface area contributed by atoms with Gasteiger partial charge in [-0.3, -0.25) is 4.79 Å². The van der Waals surface area contributed by atoms with E-state index in [0.29, 0.717) is 31.1 Å². The first-order chi connectivity index (χ1) is 10.2. The number of nitrogens with zero attached hydrogens (tertiary/aromatic N) is 2. The number of anilines is 1. The van der Waals surface area contributed by atoms with E-state index in [9.17, 15) is 4.79 Å². The second-order valence-electron chi connectivity index (χ2n) is 4.77. The molecule has 128 valence electrons. The molecule has 0 saturated heterocycles. The molecule has 3 N–H and O–H groups in total. The maximum Gasteiger partial charge on any atom is 0.228 e. The zero-order valence-electron chi connectivity index (χ0n) is 12.8. The summed E-state index contributed by atoms with van der Waals surface area (Å²) in [6, 6.07) is 7.37. The van der Waals surface area contributed by atoms with Crippen LogP contribution in [0.1, 0.15) is 6.92 Å². The minimum Gasteiger partial charge on any atom is -0.490 e. The lowest BCUT2D eigenvalue weighted by Crippen LogP contribution is -2.26. The van der Waals surface area contributed by atoms with Gasteiger partial charge in [0.25, 0.3) is 0 Å². The van der Waals surface area contributed by atoms with Crippen LogP contribution in [0.3, 0.4) is 0 Å². The highest BCUT2D eigenvalue weighted by Crippen LogP contribution is 2.24. The van der Waals surface area contributed by atoms with Crippen molar-refractivity contribution in [3.63, 3.8) is 0 Å². The van der Waals surface area contributed by atoms with Gasteiger partial charge < -0.3 is 20.4 Å². The molecule has 1 heterocycles. The fourth-order valence-electron chi connectivity index (χ4n) is 1.74. The predicted octanol–water partition coefficient (Wildman–Crippen LogP) is 2.34. The number of halogens is 2. The van der Waals surface area contributed by atoms with Crippen LogP contribution in [0.15, 0.2) is 43.0 Å². The molecule has 1 aromatic carbocycles. The van der Waals surface area contributed by atoms with Crippen LogP contribution in [0.2, 0.25) is 0 Å². The molecule has 0 bridgehead atoms. The molecule has 8 heteroatoms. The number of carbonyl (C=O) groups is 1. The molecular weight excluding hydrogens is 339 g/mol. The number of amides is 1. The van der Waals surface area contributed by atoms with E-state index in [0.717, 1.165) is 0 Å². The second kappa shape index (κ2) is 10.9. The molecule has 1 atom stereocenters. The van der Waals surface area contributed by atoms with E-state index in [-0.39, 0.29) is 36.6 Å². The Bertz CT molecular complexity index is 579. The molecule has 1 aromatic heterocycles. The molecule has 2 aromatic rings. The molecule has 0 fully saturated rings. The lowest BCUT2D eigenvalue weighted by molar-refractivity contribution is -0.119. The van der Waals surface area contributed by atoms with Crippen LogP contribution >= 0.6 is 24.8 Å². The second-order valence-corrected chi connectivity index (χ2v) is 4.77. The molecule has 0 spiro atoms. The number of hydrogen-bond acceptors (Lipinski definition) is 4. The van der Waals surface area contributed by atoms with E-state index >= 15 is 0 Å². The highest BCUT2D eigenvalue weighted by Gasteiger charge is 2.13. The van der Waals surface area contributed by atoms with E-state index in [4.69, 9.17) is 10.5 Å². The molecule has 2 rings (SSSR count). The van der Waals surface area contributed by atoms with Gasteiger partial charge in [-0.25, -0.2) is 4.98 Å². The van der Waals surface area contributed by atoms with Crippen LogP contribution in [-0.2, 0) is 11.3 Å². The SMILES string of the molecule is CC(CN)C(=O)Nc1ccccc1OCCn1ccnc1.Cl.Cl. The highest BCUT2D eigenvalue weighted by atomic mass is 35.5. The average Bonchev–Trinajstić information content (AvgIpc) is 3.01. The van der Waals surface area contributed by atoms with Crippen molar-refractivity contribution in [2.24, 2.45) is 11.7 Å². The van der Waals surface area contributed by atoms with Gasteiger partial charge in [0, 0.05) is 24.9 Å². The Morgan fingerprint density at radius 3 is 2.78 bits per heavy atom. The third-order valence-electron chi connectivity index (χ3n) is 3.11. The van der Waals surface area contributed by atoms with Crippen molar-refractivity contribution in [2.45, 2.75) is 13.5 Å². The van der Waals surface area contributed by atoms with E-state index in [1.54, 1.807) is 19.4 Å². The molecular formula is C15H22Cl2N4O2. The van der Waals surface area contributed by atoms with Crippen LogP contribution in [0.5, 0.6) is 5.75 Å². The maximum absolute atomic E-state index is 11.9. The lowest BCUT2D eigenvalue weighted by Gasteiger charge is -2.14. The van der Waals surface area contributed by atoms with Crippen molar-refractivity contribution in [3.8, 4) is 5.75 Å². The molecule has 0 saturated carbocycles. The Kier molecular flexibility index (Phi) is 10.0. The number of aromatic nitrogens is 2. The number of imidazole rings is 1. The van der Waals surface area contributed by atoms with Crippen LogP contribution < -0.4 is 15.8 Å². The Labute approximate surface area is 148 Å². The number of nitrogens with two attached hydrogens (primary N) is 1. The van der Waals surface area contributed by atoms with Gasteiger partial charge in [-0.05, 0) is 12.1 Å². The topological polar surface area (TPSA) is 82.2 Å². The van der Waals surface area contributed by atoms with E-state index in [2.05, 4.69) is 10.3 Å². The van der Waals surface area contributed by atoms with Gasteiger partial charge in [-0.1, -0.05) is 19.1 Å². The lowest BCUT2D eigenvalue weighted by atomic mass is 10.1. The first-order valence-electron chi connectivity index (χ1n) is 6.89. The smallest absolute Gasteiger partial charge is 0.228 e. The summed E-state index contributed by atoms with van der Waals surface area (Å²) in [5.41, 5.74) is 6.16. The predicted molar refractivity (Wildman–Crippen MR) is 95.5 cm³/mol. The third kappa shape index (κ3) is 6.48. The molecule has 0 radical (unpaired) electrons. The van der Waals surface area contributed by atoms with Crippen molar-refractivity contribution in [2.75, 3.05) is 18.5 Å². The summed E-state index contributed by atoms with van der Waals surface area (Å²) in [7, 11) is 0. The summed E-state index contributed by atoms with van der Waals surface area (Å²) in [5, 5.41) is 2.84. The van der Waals surface area contributed by atoms with E-state index in [1.165, 1.54) is 0 Å². The summed E-state index contributed by atoms with van der Waals surface area (Å²) in [6.07, 6.45) is 5.34. The Balaban J connectivity index is 0.00000242. The van der Waals surface area contributed by atoms with Gasteiger partial charge in [0.05, 0.1) is 18.6 Å². The van der Waals surface area contributed by atoms with Crippen LogP contribution in [0.4, 0.5) is 5.69 Å². The number of benzene rings is 1. The summed E-state index contributed by atoms with van der Waals surface area (Å²) < 4.78 is 7.66. The maximum atomic E-state index is 11.9. The van der Waals surface area contributed by atoms with Gasteiger partial charge >= 0.3 is 0 Å². The minimum absolute atomic E-state index is 0. The molecule has 0 aliphatic carbocycles. The number of hydrogen-bond donors (Lipinski definition) is 2. The molecule has 1 unspecified atom stereocenters.